The lowest BCUT2D eigenvalue weighted by Gasteiger charge is -2.01. The Hall–Kier alpha value is -0.570. The molecule has 3 nitrogen and oxygen atoms in total. The Morgan fingerprint density at radius 2 is 2.30 bits per heavy atom. The molecule has 1 aliphatic rings. The fraction of sp³-hybridized carbons (Fsp3) is 0.857. The van der Waals surface area contributed by atoms with Gasteiger partial charge < -0.3 is 10.6 Å². The van der Waals surface area contributed by atoms with Gasteiger partial charge in [0.15, 0.2) is 0 Å². The normalized spacial score (nSPS) is 16.9. The highest BCUT2D eigenvalue weighted by molar-refractivity contribution is 5.77. The molecule has 0 aromatic heterocycles. The van der Waals surface area contributed by atoms with E-state index in [1.54, 1.807) is 7.05 Å². The zero-order chi connectivity index (χ0) is 7.40. The summed E-state index contributed by atoms with van der Waals surface area (Å²) in [6.07, 6.45) is 2.58. The summed E-state index contributed by atoms with van der Waals surface area (Å²) in [7, 11) is 1.77. The molecule has 0 saturated heterocycles. The van der Waals surface area contributed by atoms with E-state index in [0.29, 0.717) is 6.54 Å². The fourth-order valence-corrected chi connectivity index (χ4v) is 0.803. The average Bonchev–Trinajstić information content (AvgIpc) is 2.67. The molecule has 3 heteroatoms. The summed E-state index contributed by atoms with van der Waals surface area (Å²) < 4.78 is 0. The van der Waals surface area contributed by atoms with Gasteiger partial charge in [-0.05, 0) is 25.8 Å². The first-order valence-corrected chi connectivity index (χ1v) is 3.74. The van der Waals surface area contributed by atoms with E-state index in [9.17, 15) is 4.79 Å². The van der Waals surface area contributed by atoms with E-state index in [1.807, 2.05) is 0 Å². The summed E-state index contributed by atoms with van der Waals surface area (Å²) in [5.74, 6) is 0.884. The summed E-state index contributed by atoms with van der Waals surface area (Å²) in [5.41, 5.74) is 0. The smallest absolute Gasteiger partial charge is 0.233 e. The molecule has 0 aliphatic heterocycles. The van der Waals surface area contributed by atoms with Crippen molar-refractivity contribution in [3.63, 3.8) is 0 Å². The molecular formula is C7H14N2O. The molecule has 0 aromatic carbocycles. The highest BCUT2D eigenvalue weighted by Gasteiger charge is 2.21. The minimum absolute atomic E-state index is 0.106. The summed E-state index contributed by atoms with van der Waals surface area (Å²) in [5, 5.41) is 5.64. The van der Waals surface area contributed by atoms with E-state index in [1.165, 1.54) is 12.8 Å². The van der Waals surface area contributed by atoms with Crippen LogP contribution in [0.1, 0.15) is 12.8 Å². The summed E-state index contributed by atoms with van der Waals surface area (Å²) >= 11 is 0. The van der Waals surface area contributed by atoms with Crippen molar-refractivity contribution in [1.82, 2.24) is 10.6 Å². The average molecular weight is 142 g/mol. The van der Waals surface area contributed by atoms with Crippen molar-refractivity contribution in [3.05, 3.63) is 0 Å². The van der Waals surface area contributed by atoms with Gasteiger partial charge in [0, 0.05) is 6.54 Å². The fourth-order valence-electron chi connectivity index (χ4n) is 0.803. The zero-order valence-corrected chi connectivity index (χ0v) is 6.31. The first-order valence-electron chi connectivity index (χ1n) is 3.74. The van der Waals surface area contributed by atoms with Crippen molar-refractivity contribution < 1.29 is 4.79 Å². The minimum atomic E-state index is 0.106. The van der Waals surface area contributed by atoms with Crippen LogP contribution < -0.4 is 10.6 Å². The van der Waals surface area contributed by atoms with Crippen molar-refractivity contribution in [2.24, 2.45) is 5.92 Å². The topological polar surface area (TPSA) is 41.1 Å². The van der Waals surface area contributed by atoms with Gasteiger partial charge in [-0.3, -0.25) is 4.79 Å². The maximum Gasteiger partial charge on any atom is 0.233 e. The van der Waals surface area contributed by atoms with Crippen molar-refractivity contribution in [2.75, 3.05) is 20.1 Å². The third kappa shape index (κ3) is 2.82. The van der Waals surface area contributed by atoms with Crippen LogP contribution in [0.15, 0.2) is 0 Å². The molecule has 0 bridgehead atoms. The van der Waals surface area contributed by atoms with Crippen LogP contribution in [0.4, 0.5) is 0 Å². The number of amides is 1. The maximum absolute atomic E-state index is 10.8. The van der Waals surface area contributed by atoms with E-state index in [0.717, 1.165) is 12.5 Å². The quantitative estimate of drug-likeness (QED) is 0.567. The lowest BCUT2D eigenvalue weighted by molar-refractivity contribution is -0.120. The van der Waals surface area contributed by atoms with Gasteiger partial charge in [-0.25, -0.2) is 0 Å². The van der Waals surface area contributed by atoms with Gasteiger partial charge in [-0.1, -0.05) is 0 Å². The van der Waals surface area contributed by atoms with Gasteiger partial charge >= 0.3 is 0 Å². The lowest BCUT2D eigenvalue weighted by Crippen LogP contribution is -2.33. The summed E-state index contributed by atoms with van der Waals surface area (Å²) in [6, 6.07) is 0. The second-order valence-corrected chi connectivity index (χ2v) is 2.78. The Bertz CT molecular complexity index is 121. The SMILES string of the molecule is CNCC(=O)NCC1CC1. The third-order valence-corrected chi connectivity index (χ3v) is 1.62. The summed E-state index contributed by atoms with van der Waals surface area (Å²) in [6.45, 7) is 1.31. The molecule has 58 valence electrons. The molecule has 1 saturated carbocycles. The van der Waals surface area contributed by atoms with Gasteiger partial charge in [0.05, 0.1) is 6.54 Å². The molecule has 0 atom stereocenters. The Morgan fingerprint density at radius 1 is 1.60 bits per heavy atom. The Morgan fingerprint density at radius 3 is 2.80 bits per heavy atom. The third-order valence-electron chi connectivity index (χ3n) is 1.62. The molecule has 1 amide bonds. The molecule has 0 spiro atoms. The van der Waals surface area contributed by atoms with Crippen molar-refractivity contribution in [3.8, 4) is 0 Å². The van der Waals surface area contributed by atoms with E-state index in [-0.39, 0.29) is 5.91 Å². The Balaban J connectivity index is 1.94. The zero-order valence-electron chi connectivity index (χ0n) is 6.31. The number of nitrogens with one attached hydrogen (secondary N) is 2. The van der Waals surface area contributed by atoms with Gasteiger partial charge in [-0.2, -0.15) is 0 Å². The van der Waals surface area contributed by atoms with Crippen molar-refractivity contribution in [1.29, 1.82) is 0 Å². The molecule has 1 fully saturated rings. The summed E-state index contributed by atoms with van der Waals surface area (Å²) in [4.78, 5) is 10.8. The first kappa shape index (κ1) is 7.54. The van der Waals surface area contributed by atoms with Gasteiger partial charge in [-0.15, -0.1) is 0 Å². The maximum atomic E-state index is 10.8. The molecule has 0 radical (unpaired) electrons. The van der Waals surface area contributed by atoms with Crippen LogP contribution in [0.5, 0.6) is 0 Å². The monoisotopic (exact) mass is 142 g/mol. The van der Waals surface area contributed by atoms with Crippen LogP contribution in [0, 0.1) is 5.92 Å². The molecule has 0 aromatic rings. The van der Waals surface area contributed by atoms with Gasteiger partial charge in [0.2, 0.25) is 5.91 Å². The van der Waals surface area contributed by atoms with Crippen molar-refractivity contribution >= 4 is 5.91 Å². The van der Waals surface area contributed by atoms with Crippen LogP contribution in [-0.4, -0.2) is 26.0 Å². The first-order chi connectivity index (χ1) is 4.83. The molecule has 10 heavy (non-hydrogen) atoms. The lowest BCUT2D eigenvalue weighted by atomic mass is 10.4. The van der Waals surface area contributed by atoms with Crippen LogP contribution in [0.25, 0.3) is 0 Å². The van der Waals surface area contributed by atoms with Gasteiger partial charge in [0.25, 0.3) is 0 Å². The highest BCUT2D eigenvalue weighted by atomic mass is 16.1. The number of likely N-dealkylation sites (N-methyl/N-ethyl adjacent to an activating group) is 1. The molecule has 2 N–H and O–H groups in total. The Labute approximate surface area is 61.2 Å². The second-order valence-electron chi connectivity index (χ2n) is 2.78. The van der Waals surface area contributed by atoms with Crippen molar-refractivity contribution in [2.45, 2.75) is 12.8 Å². The predicted octanol–water partition coefficient (Wildman–Crippen LogP) is -0.268. The number of carbonyl (C=O) groups is 1. The van der Waals surface area contributed by atoms with E-state index >= 15 is 0 Å². The number of carbonyl (C=O) groups excluding carboxylic acids is 1. The molecule has 0 heterocycles. The number of rotatable bonds is 4. The molecular weight excluding hydrogens is 128 g/mol. The molecule has 1 rings (SSSR count). The van der Waals surface area contributed by atoms with E-state index in [2.05, 4.69) is 10.6 Å². The predicted molar refractivity (Wildman–Crippen MR) is 39.7 cm³/mol. The molecule has 0 unspecified atom stereocenters. The van der Waals surface area contributed by atoms with E-state index in [4.69, 9.17) is 0 Å². The molecule has 1 aliphatic carbocycles. The van der Waals surface area contributed by atoms with Gasteiger partial charge in [0.1, 0.15) is 0 Å². The van der Waals surface area contributed by atoms with Crippen LogP contribution in [0.2, 0.25) is 0 Å². The second kappa shape index (κ2) is 3.56. The Kier molecular flexibility index (Phi) is 2.68. The minimum Gasteiger partial charge on any atom is -0.355 e. The van der Waals surface area contributed by atoms with Crippen LogP contribution in [0.3, 0.4) is 0 Å². The van der Waals surface area contributed by atoms with Crippen LogP contribution in [-0.2, 0) is 4.79 Å². The largest absolute Gasteiger partial charge is 0.355 e. The van der Waals surface area contributed by atoms with E-state index < -0.39 is 0 Å². The highest BCUT2D eigenvalue weighted by Crippen LogP contribution is 2.27. The van der Waals surface area contributed by atoms with Crippen LogP contribution >= 0.6 is 0 Å². The number of hydrogen-bond donors (Lipinski definition) is 2. The standard InChI is InChI=1S/C7H14N2O/c1-8-5-7(10)9-4-6-2-3-6/h6,8H,2-5H2,1H3,(H,9,10). The number of hydrogen-bond acceptors (Lipinski definition) is 2.